The number of aliphatic carboxylic acids is 1. The SMILES string of the molecule is Cc1cc(Cl)ccc1OC(CCBr)C(=O)[O-]. The standard InChI is InChI=1S/C11H12BrClO3/c1-7-6-8(13)2-3-9(7)16-10(4-5-12)11(14)15/h2-3,6,10H,4-5H2,1H3,(H,14,15)/p-1. The van der Waals surface area contributed by atoms with Crippen molar-refractivity contribution in [3.8, 4) is 5.75 Å². The molecule has 0 aliphatic carbocycles. The van der Waals surface area contributed by atoms with Crippen LogP contribution in [0.3, 0.4) is 0 Å². The lowest BCUT2D eigenvalue weighted by molar-refractivity contribution is -0.313. The number of aryl methyl sites for hydroxylation is 1. The number of halogens is 2. The Labute approximate surface area is 107 Å². The maximum atomic E-state index is 10.8. The number of rotatable bonds is 5. The topological polar surface area (TPSA) is 49.4 Å². The number of carbonyl (C=O) groups is 1. The summed E-state index contributed by atoms with van der Waals surface area (Å²) < 4.78 is 5.35. The smallest absolute Gasteiger partial charge is 0.139 e. The molecule has 1 aromatic carbocycles. The van der Waals surface area contributed by atoms with Crippen LogP contribution in [0.25, 0.3) is 0 Å². The number of carboxylic acid groups (broad SMARTS) is 1. The molecule has 0 aromatic heterocycles. The van der Waals surface area contributed by atoms with Crippen LogP contribution in [0.1, 0.15) is 12.0 Å². The van der Waals surface area contributed by atoms with E-state index in [2.05, 4.69) is 15.9 Å². The highest BCUT2D eigenvalue weighted by Crippen LogP contribution is 2.23. The van der Waals surface area contributed by atoms with Gasteiger partial charge in [0.25, 0.3) is 0 Å². The lowest BCUT2D eigenvalue weighted by Gasteiger charge is -2.20. The third kappa shape index (κ3) is 3.68. The summed E-state index contributed by atoms with van der Waals surface area (Å²) in [5, 5.41) is 11.9. The van der Waals surface area contributed by atoms with Crippen LogP contribution < -0.4 is 9.84 Å². The van der Waals surface area contributed by atoms with Crippen molar-refractivity contribution in [1.82, 2.24) is 0 Å². The lowest BCUT2D eigenvalue weighted by atomic mass is 10.2. The predicted octanol–water partition coefficient (Wildman–Crippen LogP) is 1.93. The average molecular weight is 307 g/mol. The van der Waals surface area contributed by atoms with Gasteiger partial charge in [0, 0.05) is 10.4 Å². The lowest BCUT2D eigenvalue weighted by Crippen LogP contribution is -2.39. The third-order valence-corrected chi connectivity index (χ3v) is 2.73. The molecule has 1 atom stereocenters. The highest BCUT2D eigenvalue weighted by molar-refractivity contribution is 9.09. The molecule has 88 valence electrons. The van der Waals surface area contributed by atoms with E-state index in [1.807, 2.05) is 6.92 Å². The number of ether oxygens (including phenoxy) is 1. The molecule has 16 heavy (non-hydrogen) atoms. The molecule has 0 fully saturated rings. The first kappa shape index (κ1) is 13.3. The molecule has 1 rings (SSSR count). The zero-order chi connectivity index (χ0) is 12.1. The molecule has 0 N–H and O–H groups in total. The van der Waals surface area contributed by atoms with E-state index in [4.69, 9.17) is 16.3 Å². The molecule has 0 radical (unpaired) electrons. The molecule has 0 spiro atoms. The second-order valence-electron chi connectivity index (χ2n) is 3.31. The highest BCUT2D eigenvalue weighted by atomic mass is 79.9. The zero-order valence-corrected chi connectivity index (χ0v) is 11.0. The van der Waals surface area contributed by atoms with Gasteiger partial charge in [-0.25, -0.2) is 0 Å². The Morgan fingerprint density at radius 3 is 2.81 bits per heavy atom. The summed E-state index contributed by atoms with van der Waals surface area (Å²) in [5.41, 5.74) is 0.799. The number of hydrogen-bond acceptors (Lipinski definition) is 3. The van der Waals surface area contributed by atoms with E-state index < -0.39 is 12.1 Å². The normalized spacial score (nSPS) is 12.2. The first-order valence-corrected chi connectivity index (χ1v) is 6.24. The Morgan fingerprint density at radius 2 is 2.31 bits per heavy atom. The van der Waals surface area contributed by atoms with E-state index in [1.165, 1.54) is 0 Å². The summed E-state index contributed by atoms with van der Waals surface area (Å²) in [5.74, 6) is -0.701. The van der Waals surface area contributed by atoms with Gasteiger partial charge in [-0.1, -0.05) is 27.5 Å². The van der Waals surface area contributed by atoms with Crippen LogP contribution in [-0.2, 0) is 4.79 Å². The van der Waals surface area contributed by atoms with Gasteiger partial charge in [0.05, 0.1) is 5.97 Å². The maximum absolute atomic E-state index is 10.8. The van der Waals surface area contributed by atoms with Gasteiger partial charge < -0.3 is 14.6 Å². The monoisotopic (exact) mass is 305 g/mol. The van der Waals surface area contributed by atoms with Crippen molar-refractivity contribution in [3.63, 3.8) is 0 Å². The fraction of sp³-hybridized carbons (Fsp3) is 0.364. The minimum absolute atomic E-state index is 0.352. The molecule has 0 saturated heterocycles. The van der Waals surface area contributed by atoms with Gasteiger partial charge in [-0.2, -0.15) is 0 Å². The quantitative estimate of drug-likeness (QED) is 0.781. The zero-order valence-electron chi connectivity index (χ0n) is 8.70. The Balaban J connectivity index is 2.81. The highest BCUT2D eigenvalue weighted by Gasteiger charge is 2.12. The summed E-state index contributed by atoms with van der Waals surface area (Å²) in [6, 6.07) is 5.03. The summed E-state index contributed by atoms with van der Waals surface area (Å²) in [6.07, 6.45) is -0.594. The first-order valence-electron chi connectivity index (χ1n) is 4.74. The van der Waals surface area contributed by atoms with Crippen LogP contribution >= 0.6 is 27.5 Å². The number of alkyl halides is 1. The van der Waals surface area contributed by atoms with Crippen molar-refractivity contribution in [1.29, 1.82) is 0 Å². The van der Waals surface area contributed by atoms with Gasteiger partial charge in [0.15, 0.2) is 0 Å². The van der Waals surface area contributed by atoms with Gasteiger partial charge in [0.2, 0.25) is 0 Å². The molecule has 1 unspecified atom stereocenters. The molecule has 1 aromatic rings. The van der Waals surface area contributed by atoms with Crippen LogP contribution in [0.4, 0.5) is 0 Å². The minimum atomic E-state index is -1.21. The van der Waals surface area contributed by atoms with E-state index in [0.717, 1.165) is 5.56 Å². The minimum Gasteiger partial charge on any atom is -0.546 e. The molecule has 0 amide bonds. The Kier molecular flexibility index (Phi) is 5.09. The fourth-order valence-corrected chi connectivity index (χ4v) is 1.86. The van der Waals surface area contributed by atoms with Crippen molar-refractivity contribution in [3.05, 3.63) is 28.8 Å². The second-order valence-corrected chi connectivity index (χ2v) is 4.54. The van der Waals surface area contributed by atoms with Crippen LogP contribution in [0.5, 0.6) is 5.75 Å². The summed E-state index contributed by atoms with van der Waals surface area (Å²) >= 11 is 8.96. The number of hydrogen-bond donors (Lipinski definition) is 0. The van der Waals surface area contributed by atoms with E-state index in [-0.39, 0.29) is 0 Å². The van der Waals surface area contributed by atoms with E-state index in [1.54, 1.807) is 18.2 Å². The number of benzene rings is 1. The van der Waals surface area contributed by atoms with Crippen LogP contribution in [0, 0.1) is 6.92 Å². The molecular weight excluding hydrogens is 295 g/mol. The van der Waals surface area contributed by atoms with Gasteiger partial charge in [0.1, 0.15) is 11.9 Å². The van der Waals surface area contributed by atoms with Crippen LogP contribution in [0.15, 0.2) is 18.2 Å². The summed E-state index contributed by atoms with van der Waals surface area (Å²) in [6.45, 7) is 1.81. The molecule has 0 aliphatic heterocycles. The third-order valence-electron chi connectivity index (χ3n) is 2.04. The maximum Gasteiger partial charge on any atom is 0.139 e. The molecule has 0 heterocycles. The van der Waals surface area contributed by atoms with E-state index in [9.17, 15) is 9.90 Å². The van der Waals surface area contributed by atoms with Crippen molar-refractivity contribution in [2.75, 3.05) is 5.33 Å². The number of carboxylic acids is 1. The Hall–Kier alpha value is -0.740. The van der Waals surface area contributed by atoms with Gasteiger partial charge in [-0.3, -0.25) is 0 Å². The molecule has 5 heteroatoms. The van der Waals surface area contributed by atoms with Crippen LogP contribution in [-0.4, -0.2) is 17.4 Å². The molecule has 0 aliphatic rings. The summed E-state index contributed by atoms with van der Waals surface area (Å²) in [7, 11) is 0. The summed E-state index contributed by atoms with van der Waals surface area (Å²) in [4.78, 5) is 10.8. The predicted molar refractivity (Wildman–Crippen MR) is 64.0 cm³/mol. The van der Waals surface area contributed by atoms with Crippen LogP contribution in [0.2, 0.25) is 5.02 Å². The van der Waals surface area contributed by atoms with Crippen molar-refractivity contribution in [2.24, 2.45) is 0 Å². The molecule has 0 bridgehead atoms. The first-order chi connectivity index (χ1) is 7.54. The van der Waals surface area contributed by atoms with E-state index >= 15 is 0 Å². The van der Waals surface area contributed by atoms with Gasteiger partial charge >= 0.3 is 0 Å². The van der Waals surface area contributed by atoms with Crippen molar-refractivity contribution < 1.29 is 14.6 Å². The molecule has 0 saturated carbocycles. The Bertz CT molecular complexity index is 381. The van der Waals surface area contributed by atoms with Gasteiger partial charge in [-0.15, -0.1) is 0 Å². The molecule has 3 nitrogen and oxygen atoms in total. The van der Waals surface area contributed by atoms with E-state index in [0.29, 0.717) is 22.5 Å². The number of carbonyl (C=O) groups excluding carboxylic acids is 1. The van der Waals surface area contributed by atoms with Crippen molar-refractivity contribution in [2.45, 2.75) is 19.4 Å². The Morgan fingerprint density at radius 1 is 1.62 bits per heavy atom. The van der Waals surface area contributed by atoms with Crippen molar-refractivity contribution >= 4 is 33.5 Å². The fourth-order valence-electron chi connectivity index (χ4n) is 1.22. The average Bonchev–Trinajstić information content (AvgIpc) is 2.20. The molecular formula is C11H11BrClO3-. The largest absolute Gasteiger partial charge is 0.546 e. The van der Waals surface area contributed by atoms with Gasteiger partial charge in [-0.05, 0) is 37.1 Å². The second kappa shape index (κ2) is 6.11.